The predicted octanol–water partition coefficient (Wildman–Crippen LogP) is 3.70. The molecule has 2 rings (SSSR count). The van der Waals surface area contributed by atoms with E-state index < -0.39 is 6.10 Å². The van der Waals surface area contributed by atoms with Gasteiger partial charge in [-0.2, -0.15) is 0 Å². The number of ether oxygens (including phenoxy) is 1. The van der Waals surface area contributed by atoms with Crippen LogP contribution in [0.2, 0.25) is 0 Å². The molecule has 0 aliphatic carbocycles. The monoisotopic (exact) mass is 297 g/mol. The van der Waals surface area contributed by atoms with Crippen molar-refractivity contribution in [1.29, 1.82) is 0 Å². The first-order valence-corrected chi connectivity index (χ1v) is 7.53. The predicted molar refractivity (Wildman–Crippen MR) is 89.0 cm³/mol. The third kappa shape index (κ3) is 4.35. The summed E-state index contributed by atoms with van der Waals surface area (Å²) in [5.74, 6) is 0.644. The van der Waals surface area contributed by atoms with Crippen molar-refractivity contribution in [2.75, 3.05) is 0 Å². The van der Waals surface area contributed by atoms with Gasteiger partial charge in [-0.25, -0.2) is 0 Å². The minimum atomic E-state index is -0.522. The number of nitrogens with one attached hydrogen (secondary N) is 1. The SMILES string of the molecule is Cc1cccc(CNC(=O)[C@H](C)Oc2ccc(C)cc2C)c1. The first-order chi connectivity index (χ1) is 10.5. The van der Waals surface area contributed by atoms with Crippen LogP contribution in [-0.2, 0) is 11.3 Å². The third-order valence-electron chi connectivity index (χ3n) is 3.55. The van der Waals surface area contributed by atoms with Gasteiger partial charge in [0.2, 0.25) is 0 Å². The van der Waals surface area contributed by atoms with E-state index in [2.05, 4.69) is 11.4 Å². The average Bonchev–Trinajstić information content (AvgIpc) is 2.47. The molecule has 0 unspecified atom stereocenters. The van der Waals surface area contributed by atoms with Crippen LogP contribution < -0.4 is 10.1 Å². The molecule has 2 aromatic rings. The topological polar surface area (TPSA) is 38.3 Å². The summed E-state index contributed by atoms with van der Waals surface area (Å²) in [6.07, 6.45) is -0.522. The zero-order valence-electron chi connectivity index (χ0n) is 13.6. The summed E-state index contributed by atoms with van der Waals surface area (Å²) in [6, 6.07) is 14.0. The van der Waals surface area contributed by atoms with Crippen LogP contribution in [0, 0.1) is 20.8 Å². The van der Waals surface area contributed by atoms with Crippen molar-refractivity contribution in [3.8, 4) is 5.75 Å². The first kappa shape index (κ1) is 16.1. The molecule has 2 aromatic carbocycles. The van der Waals surface area contributed by atoms with E-state index in [0.717, 1.165) is 16.9 Å². The lowest BCUT2D eigenvalue weighted by molar-refractivity contribution is -0.127. The largest absolute Gasteiger partial charge is 0.481 e. The summed E-state index contributed by atoms with van der Waals surface area (Å²) in [6.45, 7) is 8.34. The highest BCUT2D eigenvalue weighted by Gasteiger charge is 2.15. The molecule has 0 spiro atoms. The first-order valence-electron chi connectivity index (χ1n) is 7.53. The molecule has 0 aliphatic heterocycles. The molecule has 116 valence electrons. The van der Waals surface area contributed by atoms with E-state index in [1.807, 2.05) is 57.2 Å². The Morgan fingerprint density at radius 3 is 2.50 bits per heavy atom. The highest BCUT2D eigenvalue weighted by Crippen LogP contribution is 2.20. The van der Waals surface area contributed by atoms with E-state index in [9.17, 15) is 4.79 Å². The van der Waals surface area contributed by atoms with Crippen LogP contribution in [0.1, 0.15) is 29.2 Å². The summed E-state index contributed by atoms with van der Waals surface area (Å²) in [7, 11) is 0. The van der Waals surface area contributed by atoms with Crippen molar-refractivity contribution < 1.29 is 9.53 Å². The molecule has 1 N–H and O–H groups in total. The van der Waals surface area contributed by atoms with Crippen LogP contribution in [0.3, 0.4) is 0 Å². The fourth-order valence-corrected chi connectivity index (χ4v) is 2.33. The van der Waals surface area contributed by atoms with Crippen molar-refractivity contribution >= 4 is 5.91 Å². The maximum Gasteiger partial charge on any atom is 0.261 e. The van der Waals surface area contributed by atoms with Gasteiger partial charge in [0.05, 0.1) is 0 Å². The van der Waals surface area contributed by atoms with Crippen molar-refractivity contribution in [3.05, 3.63) is 64.7 Å². The van der Waals surface area contributed by atoms with Crippen LogP contribution in [0.4, 0.5) is 0 Å². The Balaban J connectivity index is 1.92. The van der Waals surface area contributed by atoms with Crippen molar-refractivity contribution in [2.24, 2.45) is 0 Å². The quantitative estimate of drug-likeness (QED) is 0.914. The summed E-state index contributed by atoms with van der Waals surface area (Å²) in [5, 5.41) is 2.91. The Kier molecular flexibility index (Phi) is 5.21. The molecule has 0 fully saturated rings. The number of amides is 1. The lowest BCUT2D eigenvalue weighted by Crippen LogP contribution is -2.36. The van der Waals surface area contributed by atoms with Crippen LogP contribution in [0.5, 0.6) is 5.75 Å². The molecule has 0 saturated heterocycles. The molecule has 0 heterocycles. The molecule has 3 heteroatoms. The number of hydrogen-bond donors (Lipinski definition) is 1. The molecule has 0 aromatic heterocycles. The lowest BCUT2D eigenvalue weighted by atomic mass is 10.1. The maximum absolute atomic E-state index is 12.1. The standard InChI is InChI=1S/C19H23NO2/c1-13-6-5-7-17(11-13)12-20-19(21)16(4)22-18-9-8-14(2)10-15(18)3/h5-11,16H,12H2,1-4H3,(H,20,21)/t16-/m0/s1. The van der Waals surface area contributed by atoms with E-state index in [4.69, 9.17) is 4.74 Å². The Morgan fingerprint density at radius 2 is 1.82 bits per heavy atom. The number of carbonyl (C=O) groups is 1. The Labute approximate surface area is 132 Å². The number of carbonyl (C=O) groups excluding carboxylic acids is 1. The summed E-state index contributed by atoms with van der Waals surface area (Å²) in [4.78, 5) is 12.1. The highest BCUT2D eigenvalue weighted by atomic mass is 16.5. The lowest BCUT2D eigenvalue weighted by Gasteiger charge is -2.16. The van der Waals surface area contributed by atoms with Gasteiger partial charge in [-0.05, 0) is 44.9 Å². The van der Waals surface area contributed by atoms with Gasteiger partial charge >= 0.3 is 0 Å². The molecule has 22 heavy (non-hydrogen) atoms. The molecular formula is C19H23NO2. The Hall–Kier alpha value is -2.29. The van der Waals surface area contributed by atoms with E-state index in [0.29, 0.717) is 6.54 Å². The summed E-state index contributed by atoms with van der Waals surface area (Å²) in [5.41, 5.74) is 4.50. The fraction of sp³-hybridized carbons (Fsp3) is 0.316. The van der Waals surface area contributed by atoms with Crippen LogP contribution in [0.25, 0.3) is 0 Å². The molecule has 0 radical (unpaired) electrons. The van der Waals surface area contributed by atoms with E-state index in [1.165, 1.54) is 11.1 Å². The fourth-order valence-electron chi connectivity index (χ4n) is 2.33. The van der Waals surface area contributed by atoms with Gasteiger partial charge in [0.1, 0.15) is 5.75 Å². The summed E-state index contributed by atoms with van der Waals surface area (Å²) >= 11 is 0. The van der Waals surface area contributed by atoms with E-state index >= 15 is 0 Å². The normalized spacial score (nSPS) is 11.8. The number of benzene rings is 2. The number of hydrogen-bond acceptors (Lipinski definition) is 2. The Morgan fingerprint density at radius 1 is 1.09 bits per heavy atom. The zero-order chi connectivity index (χ0) is 16.1. The van der Waals surface area contributed by atoms with Crippen molar-refractivity contribution in [1.82, 2.24) is 5.32 Å². The molecule has 0 aliphatic rings. The van der Waals surface area contributed by atoms with Crippen molar-refractivity contribution in [2.45, 2.75) is 40.3 Å². The second-order valence-electron chi connectivity index (χ2n) is 5.74. The Bertz CT molecular complexity index is 664. The smallest absolute Gasteiger partial charge is 0.261 e. The van der Waals surface area contributed by atoms with Gasteiger partial charge in [0, 0.05) is 6.54 Å². The van der Waals surface area contributed by atoms with Gasteiger partial charge in [-0.15, -0.1) is 0 Å². The molecule has 0 bridgehead atoms. The average molecular weight is 297 g/mol. The molecule has 0 saturated carbocycles. The van der Waals surface area contributed by atoms with Gasteiger partial charge in [-0.3, -0.25) is 4.79 Å². The van der Waals surface area contributed by atoms with Gasteiger partial charge in [0.25, 0.3) is 5.91 Å². The van der Waals surface area contributed by atoms with Crippen LogP contribution in [0.15, 0.2) is 42.5 Å². The highest BCUT2D eigenvalue weighted by molar-refractivity contribution is 5.80. The van der Waals surface area contributed by atoms with Crippen molar-refractivity contribution in [3.63, 3.8) is 0 Å². The molecular weight excluding hydrogens is 274 g/mol. The van der Waals surface area contributed by atoms with Gasteiger partial charge < -0.3 is 10.1 Å². The van der Waals surface area contributed by atoms with Gasteiger partial charge in [0.15, 0.2) is 6.10 Å². The van der Waals surface area contributed by atoms with Gasteiger partial charge in [-0.1, -0.05) is 47.5 Å². The zero-order valence-corrected chi connectivity index (χ0v) is 13.6. The number of rotatable bonds is 5. The van der Waals surface area contributed by atoms with Crippen LogP contribution >= 0.6 is 0 Å². The number of aryl methyl sites for hydroxylation is 3. The van der Waals surface area contributed by atoms with E-state index in [-0.39, 0.29) is 5.91 Å². The maximum atomic E-state index is 12.1. The summed E-state index contributed by atoms with van der Waals surface area (Å²) < 4.78 is 5.76. The van der Waals surface area contributed by atoms with Crippen LogP contribution in [-0.4, -0.2) is 12.0 Å². The minimum absolute atomic E-state index is 0.110. The molecule has 1 atom stereocenters. The third-order valence-corrected chi connectivity index (χ3v) is 3.55. The minimum Gasteiger partial charge on any atom is -0.481 e. The molecule has 1 amide bonds. The second-order valence-corrected chi connectivity index (χ2v) is 5.74. The second kappa shape index (κ2) is 7.12. The molecule has 3 nitrogen and oxygen atoms in total. The van der Waals surface area contributed by atoms with E-state index in [1.54, 1.807) is 6.92 Å².